The number of hydrogen-bond acceptors (Lipinski definition) is 3. The number of ether oxygens (including phenoxy) is 1. The molecular formula is C11H22N2O. The minimum atomic E-state index is 0.415. The van der Waals surface area contributed by atoms with Gasteiger partial charge in [-0.25, -0.2) is 0 Å². The van der Waals surface area contributed by atoms with Gasteiger partial charge < -0.3 is 10.1 Å². The monoisotopic (exact) mass is 198 g/mol. The van der Waals surface area contributed by atoms with E-state index in [1.165, 1.54) is 32.4 Å². The Bertz CT molecular complexity index is 172. The van der Waals surface area contributed by atoms with Crippen LogP contribution in [0.25, 0.3) is 0 Å². The van der Waals surface area contributed by atoms with Crippen molar-refractivity contribution < 1.29 is 4.74 Å². The maximum Gasteiger partial charge on any atom is 0.0594 e. The molecule has 2 aliphatic heterocycles. The van der Waals surface area contributed by atoms with E-state index in [2.05, 4.69) is 17.1 Å². The van der Waals surface area contributed by atoms with Crippen LogP contribution in [0.1, 0.15) is 26.2 Å². The van der Waals surface area contributed by atoms with Crippen LogP contribution < -0.4 is 5.32 Å². The quantitative estimate of drug-likeness (QED) is 0.727. The van der Waals surface area contributed by atoms with E-state index in [-0.39, 0.29) is 0 Å². The molecule has 1 unspecified atom stereocenters. The van der Waals surface area contributed by atoms with E-state index in [1.807, 2.05) is 0 Å². The first kappa shape index (κ1) is 10.4. The molecule has 14 heavy (non-hydrogen) atoms. The third-order valence-electron chi connectivity index (χ3n) is 3.54. The highest BCUT2D eigenvalue weighted by Crippen LogP contribution is 2.22. The molecule has 0 amide bonds. The van der Waals surface area contributed by atoms with E-state index in [4.69, 9.17) is 4.74 Å². The van der Waals surface area contributed by atoms with Crippen LogP contribution in [0.5, 0.6) is 0 Å². The largest absolute Gasteiger partial charge is 0.379 e. The lowest BCUT2D eigenvalue weighted by Gasteiger charge is -2.31. The van der Waals surface area contributed by atoms with Crippen LogP contribution in [0.3, 0.4) is 0 Å². The average molecular weight is 198 g/mol. The molecule has 82 valence electrons. The molecule has 2 fully saturated rings. The first-order valence-electron chi connectivity index (χ1n) is 5.84. The second-order valence-electron chi connectivity index (χ2n) is 4.80. The van der Waals surface area contributed by atoms with Crippen LogP contribution in [0, 0.1) is 0 Å². The van der Waals surface area contributed by atoms with Crippen LogP contribution >= 0.6 is 0 Å². The van der Waals surface area contributed by atoms with Gasteiger partial charge in [0.2, 0.25) is 0 Å². The van der Waals surface area contributed by atoms with Crippen molar-refractivity contribution in [3.05, 3.63) is 0 Å². The fourth-order valence-electron chi connectivity index (χ4n) is 2.40. The summed E-state index contributed by atoms with van der Waals surface area (Å²) in [5, 5.41) is 3.61. The minimum absolute atomic E-state index is 0.415. The third-order valence-corrected chi connectivity index (χ3v) is 3.54. The van der Waals surface area contributed by atoms with Crippen molar-refractivity contribution in [2.45, 2.75) is 31.7 Å². The molecule has 2 aliphatic rings. The lowest BCUT2D eigenvalue weighted by molar-refractivity contribution is 0.0343. The van der Waals surface area contributed by atoms with Crippen molar-refractivity contribution >= 4 is 0 Å². The van der Waals surface area contributed by atoms with Gasteiger partial charge >= 0.3 is 0 Å². The molecule has 3 heteroatoms. The maximum atomic E-state index is 5.34. The summed E-state index contributed by atoms with van der Waals surface area (Å²) in [6, 6.07) is 0. The molecule has 0 spiro atoms. The second kappa shape index (κ2) is 4.60. The van der Waals surface area contributed by atoms with Gasteiger partial charge in [0.15, 0.2) is 0 Å². The van der Waals surface area contributed by atoms with Crippen LogP contribution in [-0.2, 0) is 4.74 Å². The van der Waals surface area contributed by atoms with Gasteiger partial charge in [-0.3, -0.25) is 4.90 Å². The summed E-state index contributed by atoms with van der Waals surface area (Å²) in [6.45, 7) is 8.88. The Hall–Kier alpha value is -0.120. The van der Waals surface area contributed by atoms with E-state index < -0.39 is 0 Å². The fraction of sp³-hybridized carbons (Fsp3) is 1.00. The molecule has 0 radical (unpaired) electrons. The zero-order valence-corrected chi connectivity index (χ0v) is 9.22. The van der Waals surface area contributed by atoms with Gasteiger partial charge in [-0.1, -0.05) is 0 Å². The Morgan fingerprint density at radius 3 is 2.79 bits per heavy atom. The fourth-order valence-corrected chi connectivity index (χ4v) is 2.40. The highest BCUT2D eigenvalue weighted by atomic mass is 16.5. The van der Waals surface area contributed by atoms with Crippen molar-refractivity contribution in [2.75, 3.05) is 39.4 Å². The Balaban J connectivity index is 1.70. The normalized spacial score (nSPS) is 34.9. The van der Waals surface area contributed by atoms with Gasteiger partial charge in [0.05, 0.1) is 13.2 Å². The second-order valence-corrected chi connectivity index (χ2v) is 4.80. The molecule has 0 bridgehead atoms. The summed E-state index contributed by atoms with van der Waals surface area (Å²) in [5.74, 6) is 0. The minimum Gasteiger partial charge on any atom is -0.379 e. The van der Waals surface area contributed by atoms with E-state index in [0.29, 0.717) is 5.54 Å². The lowest BCUT2D eigenvalue weighted by Crippen LogP contribution is -2.43. The Labute approximate surface area is 86.8 Å². The number of hydrogen-bond donors (Lipinski definition) is 1. The Kier molecular flexibility index (Phi) is 3.42. The average Bonchev–Trinajstić information content (AvgIpc) is 2.65. The summed E-state index contributed by atoms with van der Waals surface area (Å²) in [5.41, 5.74) is 0.415. The Morgan fingerprint density at radius 2 is 2.14 bits per heavy atom. The van der Waals surface area contributed by atoms with Crippen LogP contribution in [-0.4, -0.2) is 49.8 Å². The summed E-state index contributed by atoms with van der Waals surface area (Å²) in [4.78, 5) is 2.52. The lowest BCUT2D eigenvalue weighted by atomic mass is 9.96. The zero-order valence-electron chi connectivity index (χ0n) is 9.22. The predicted molar refractivity (Wildman–Crippen MR) is 57.5 cm³/mol. The first-order chi connectivity index (χ1) is 6.79. The zero-order chi connectivity index (χ0) is 9.86. The van der Waals surface area contributed by atoms with Crippen LogP contribution in [0.4, 0.5) is 0 Å². The molecule has 2 heterocycles. The van der Waals surface area contributed by atoms with Gasteiger partial charge in [-0.2, -0.15) is 0 Å². The van der Waals surface area contributed by atoms with E-state index in [1.54, 1.807) is 0 Å². The van der Waals surface area contributed by atoms with Crippen molar-refractivity contribution in [2.24, 2.45) is 0 Å². The molecule has 0 aromatic rings. The highest BCUT2D eigenvalue weighted by molar-refractivity contribution is 4.89. The summed E-state index contributed by atoms with van der Waals surface area (Å²) in [6.07, 6.45) is 3.98. The topological polar surface area (TPSA) is 24.5 Å². The van der Waals surface area contributed by atoms with E-state index >= 15 is 0 Å². The highest BCUT2D eigenvalue weighted by Gasteiger charge is 2.28. The SMILES string of the molecule is CC1(CCN2CCOCC2)CCCN1. The molecular weight excluding hydrogens is 176 g/mol. The molecule has 0 aromatic heterocycles. The van der Waals surface area contributed by atoms with Crippen LogP contribution in [0.15, 0.2) is 0 Å². The van der Waals surface area contributed by atoms with Gasteiger partial charge in [-0.15, -0.1) is 0 Å². The van der Waals surface area contributed by atoms with Gasteiger partial charge in [0.1, 0.15) is 0 Å². The smallest absolute Gasteiger partial charge is 0.0594 e. The molecule has 1 N–H and O–H groups in total. The standard InChI is InChI=1S/C11H22N2O/c1-11(3-2-5-12-11)4-6-13-7-9-14-10-8-13/h12H,2-10H2,1H3. The number of morpholine rings is 1. The molecule has 0 aromatic carbocycles. The van der Waals surface area contributed by atoms with E-state index in [9.17, 15) is 0 Å². The Morgan fingerprint density at radius 1 is 1.36 bits per heavy atom. The molecule has 0 aliphatic carbocycles. The van der Waals surface area contributed by atoms with Gasteiger partial charge in [0, 0.05) is 25.2 Å². The number of nitrogens with one attached hydrogen (secondary N) is 1. The molecule has 1 atom stereocenters. The van der Waals surface area contributed by atoms with Gasteiger partial charge in [0.25, 0.3) is 0 Å². The van der Waals surface area contributed by atoms with Crippen molar-refractivity contribution in [3.63, 3.8) is 0 Å². The number of rotatable bonds is 3. The summed E-state index contributed by atoms with van der Waals surface area (Å²) < 4.78 is 5.34. The number of nitrogens with zero attached hydrogens (tertiary/aromatic N) is 1. The van der Waals surface area contributed by atoms with Crippen molar-refractivity contribution in [1.29, 1.82) is 0 Å². The summed E-state index contributed by atoms with van der Waals surface area (Å²) >= 11 is 0. The molecule has 3 nitrogen and oxygen atoms in total. The van der Waals surface area contributed by atoms with Crippen molar-refractivity contribution in [3.8, 4) is 0 Å². The van der Waals surface area contributed by atoms with Crippen LogP contribution in [0.2, 0.25) is 0 Å². The predicted octanol–water partition coefficient (Wildman–Crippen LogP) is 0.851. The van der Waals surface area contributed by atoms with Gasteiger partial charge in [-0.05, 0) is 32.7 Å². The van der Waals surface area contributed by atoms with E-state index in [0.717, 1.165) is 26.3 Å². The summed E-state index contributed by atoms with van der Waals surface area (Å²) in [7, 11) is 0. The molecule has 2 saturated heterocycles. The molecule has 0 saturated carbocycles. The molecule has 2 rings (SSSR count). The third kappa shape index (κ3) is 2.69. The van der Waals surface area contributed by atoms with Crippen molar-refractivity contribution in [1.82, 2.24) is 10.2 Å². The first-order valence-corrected chi connectivity index (χ1v) is 5.84. The maximum absolute atomic E-state index is 5.34.